The van der Waals surface area contributed by atoms with E-state index in [4.69, 9.17) is 14.7 Å². The highest BCUT2D eigenvalue weighted by molar-refractivity contribution is 5.69. The van der Waals surface area contributed by atoms with Crippen molar-refractivity contribution in [3.8, 4) is 23.5 Å². The van der Waals surface area contributed by atoms with Crippen LogP contribution >= 0.6 is 0 Å². The van der Waals surface area contributed by atoms with Crippen LogP contribution in [0.25, 0.3) is 5.82 Å². The molecule has 0 aliphatic heterocycles. The van der Waals surface area contributed by atoms with Crippen molar-refractivity contribution in [3.05, 3.63) is 66.0 Å². The Balaban J connectivity index is 0.00000126. The van der Waals surface area contributed by atoms with Crippen molar-refractivity contribution in [3.63, 3.8) is 0 Å². The van der Waals surface area contributed by atoms with Crippen LogP contribution in [-0.4, -0.2) is 20.7 Å². The van der Waals surface area contributed by atoms with Crippen LogP contribution in [0.15, 0.2) is 54.9 Å². The number of aromatic nitrogens is 3. The number of rotatable bonds is 5. The largest absolute Gasteiger partial charge is 0.473 e. The molecule has 0 radical (unpaired) electrons. The zero-order valence-electron chi connectivity index (χ0n) is 15.4. The Labute approximate surface area is 157 Å². The Hall–Kier alpha value is -3.66. The van der Waals surface area contributed by atoms with Gasteiger partial charge in [-0.3, -0.25) is 4.79 Å². The van der Waals surface area contributed by atoms with E-state index in [0.29, 0.717) is 23.0 Å². The van der Waals surface area contributed by atoms with Crippen molar-refractivity contribution in [2.75, 3.05) is 0 Å². The monoisotopic (exact) mass is 364 g/mol. The van der Waals surface area contributed by atoms with Gasteiger partial charge < -0.3 is 9.47 Å². The summed E-state index contributed by atoms with van der Waals surface area (Å²) in [5.74, 6) is 1.07. The maximum Gasteiger partial charge on any atom is 0.308 e. The molecule has 0 aliphatic carbocycles. The molecule has 3 aromatic rings. The fourth-order valence-corrected chi connectivity index (χ4v) is 2.20. The first-order valence-electron chi connectivity index (χ1n) is 8.46. The minimum Gasteiger partial charge on any atom is -0.473 e. The van der Waals surface area contributed by atoms with E-state index in [1.165, 1.54) is 11.6 Å². The molecule has 0 fully saturated rings. The smallest absolute Gasteiger partial charge is 0.308 e. The van der Waals surface area contributed by atoms with Crippen molar-refractivity contribution in [1.29, 1.82) is 5.26 Å². The van der Waals surface area contributed by atoms with E-state index in [2.05, 4.69) is 16.2 Å². The van der Waals surface area contributed by atoms with Gasteiger partial charge >= 0.3 is 5.97 Å². The number of hydrogen-bond donors (Lipinski definition) is 0. The number of nitrogens with zero attached hydrogens (tertiary/aromatic N) is 4. The predicted molar refractivity (Wildman–Crippen MR) is 99.5 cm³/mol. The number of nitriles is 1. The predicted octanol–water partition coefficient (Wildman–Crippen LogP) is 3.67. The van der Waals surface area contributed by atoms with Gasteiger partial charge in [0.2, 0.25) is 5.88 Å². The normalized spacial score (nSPS) is 9.56. The Morgan fingerprint density at radius 2 is 2.00 bits per heavy atom. The van der Waals surface area contributed by atoms with E-state index in [9.17, 15) is 4.79 Å². The summed E-state index contributed by atoms with van der Waals surface area (Å²) >= 11 is 0. The molecule has 0 amide bonds. The first kappa shape index (κ1) is 19.7. The molecule has 3 rings (SSSR count). The number of benzene rings is 1. The summed E-state index contributed by atoms with van der Waals surface area (Å²) in [5, 5.41) is 13.2. The van der Waals surface area contributed by atoms with E-state index in [-0.39, 0.29) is 12.6 Å². The summed E-state index contributed by atoms with van der Waals surface area (Å²) in [7, 11) is 0. The van der Waals surface area contributed by atoms with Gasteiger partial charge in [0.05, 0.1) is 17.8 Å². The topological polar surface area (TPSA) is 90.0 Å². The fraction of sp³-hybridized carbons (Fsp3) is 0.200. The highest BCUT2D eigenvalue weighted by Crippen LogP contribution is 2.19. The lowest BCUT2D eigenvalue weighted by molar-refractivity contribution is -0.131. The minimum absolute atomic E-state index is 0.263. The van der Waals surface area contributed by atoms with Crippen molar-refractivity contribution in [2.24, 2.45) is 0 Å². The van der Waals surface area contributed by atoms with Crippen LogP contribution in [0.2, 0.25) is 0 Å². The summed E-state index contributed by atoms with van der Waals surface area (Å²) in [5.41, 5.74) is 1.32. The SMILES string of the molecule is CC.CC(=O)Oc1cccc(COc2ccnn2-c2cc(C#N)ccn2)c1. The van der Waals surface area contributed by atoms with Gasteiger partial charge in [-0.15, -0.1) is 0 Å². The summed E-state index contributed by atoms with van der Waals surface area (Å²) < 4.78 is 12.4. The van der Waals surface area contributed by atoms with E-state index in [1.807, 2.05) is 19.9 Å². The third-order valence-electron chi connectivity index (χ3n) is 3.25. The molecule has 1 aromatic carbocycles. The third kappa shape index (κ3) is 5.41. The van der Waals surface area contributed by atoms with Crippen molar-refractivity contribution >= 4 is 5.97 Å². The van der Waals surface area contributed by atoms with Gasteiger partial charge in [0.1, 0.15) is 12.4 Å². The van der Waals surface area contributed by atoms with Crippen LogP contribution in [-0.2, 0) is 11.4 Å². The second-order valence-electron chi connectivity index (χ2n) is 5.13. The molecule has 0 N–H and O–H groups in total. The number of ether oxygens (including phenoxy) is 2. The zero-order chi connectivity index (χ0) is 19.6. The van der Waals surface area contributed by atoms with Crippen LogP contribution in [0, 0.1) is 11.3 Å². The van der Waals surface area contributed by atoms with Gasteiger partial charge in [-0.25, -0.2) is 4.98 Å². The van der Waals surface area contributed by atoms with Crippen LogP contribution in [0.3, 0.4) is 0 Å². The van der Waals surface area contributed by atoms with Gasteiger partial charge in [-0.2, -0.15) is 15.0 Å². The van der Waals surface area contributed by atoms with E-state index in [0.717, 1.165) is 5.56 Å². The van der Waals surface area contributed by atoms with Crippen LogP contribution < -0.4 is 9.47 Å². The molecular formula is C20H20N4O3. The number of carbonyl (C=O) groups excluding carboxylic acids is 1. The van der Waals surface area contributed by atoms with Crippen molar-refractivity contribution in [1.82, 2.24) is 14.8 Å². The van der Waals surface area contributed by atoms with E-state index in [1.54, 1.807) is 48.8 Å². The molecular weight excluding hydrogens is 344 g/mol. The maximum absolute atomic E-state index is 11.0. The van der Waals surface area contributed by atoms with Gasteiger partial charge in [0.25, 0.3) is 0 Å². The number of pyridine rings is 1. The summed E-state index contributed by atoms with van der Waals surface area (Å²) in [6, 6.07) is 14.1. The number of carbonyl (C=O) groups is 1. The van der Waals surface area contributed by atoms with Crippen molar-refractivity contribution in [2.45, 2.75) is 27.4 Å². The molecule has 27 heavy (non-hydrogen) atoms. The highest BCUT2D eigenvalue weighted by atomic mass is 16.5. The summed E-state index contributed by atoms with van der Waals surface area (Å²) in [6.07, 6.45) is 3.13. The second-order valence-corrected chi connectivity index (χ2v) is 5.13. The molecule has 0 aliphatic rings. The Morgan fingerprint density at radius 1 is 1.19 bits per heavy atom. The average Bonchev–Trinajstić information content (AvgIpc) is 3.16. The molecule has 0 unspecified atom stereocenters. The van der Waals surface area contributed by atoms with Crippen LogP contribution in [0.1, 0.15) is 31.9 Å². The first-order chi connectivity index (χ1) is 13.2. The lowest BCUT2D eigenvalue weighted by atomic mass is 10.2. The second kappa shape index (κ2) is 9.73. The highest BCUT2D eigenvalue weighted by Gasteiger charge is 2.09. The van der Waals surface area contributed by atoms with Gasteiger partial charge in [-0.1, -0.05) is 26.0 Å². The molecule has 2 aromatic heterocycles. The maximum atomic E-state index is 11.0. The lowest BCUT2D eigenvalue weighted by Crippen LogP contribution is -2.06. The molecule has 0 saturated heterocycles. The summed E-state index contributed by atoms with van der Waals surface area (Å²) in [4.78, 5) is 15.2. The average molecular weight is 364 g/mol. The standard InChI is InChI=1S/C18H14N4O3.C2H6/c1-13(23)25-16-4-2-3-15(9-16)12-24-18-6-8-21-22(18)17-10-14(11-19)5-7-20-17;1-2/h2-10H,12H2,1H3;1-2H3. The van der Waals surface area contributed by atoms with E-state index < -0.39 is 0 Å². The molecule has 0 spiro atoms. The quantitative estimate of drug-likeness (QED) is 0.507. The van der Waals surface area contributed by atoms with Crippen molar-refractivity contribution < 1.29 is 14.3 Å². The Morgan fingerprint density at radius 3 is 2.74 bits per heavy atom. The molecule has 0 atom stereocenters. The molecule has 138 valence electrons. The van der Waals surface area contributed by atoms with Crippen LogP contribution in [0.4, 0.5) is 0 Å². The molecule has 2 heterocycles. The third-order valence-corrected chi connectivity index (χ3v) is 3.25. The minimum atomic E-state index is -0.375. The summed E-state index contributed by atoms with van der Waals surface area (Å²) in [6.45, 7) is 5.61. The van der Waals surface area contributed by atoms with Gasteiger partial charge in [0, 0.05) is 25.3 Å². The number of hydrogen-bond acceptors (Lipinski definition) is 6. The first-order valence-corrected chi connectivity index (χ1v) is 8.46. The van der Waals surface area contributed by atoms with Gasteiger partial charge in [0.15, 0.2) is 5.82 Å². The fourth-order valence-electron chi connectivity index (χ4n) is 2.20. The van der Waals surface area contributed by atoms with Crippen LogP contribution in [0.5, 0.6) is 11.6 Å². The van der Waals surface area contributed by atoms with Gasteiger partial charge in [-0.05, 0) is 23.8 Å². The Kier molecular flexibility index (Phi) is 7.08. The number of esters is 1. The lowest BCUT2D eigenvalue weighted by Gasteiger charge is -2.09. The molecule has 0 saturated carbocycles. The molecule has 7 nitrogen and oxygen atoms in total. The molecule has 0 bridgehead atoms. The Bertz CT molecular complexity index is 944. The molecule has 7 heteroatoms. The zero-order valence-corrected chi connectivity index (χ0v) is 15.4. The van der Waals surface area contributed by atoms with E-state index >= 15 is 0 Å².